The number of methoxy groups -OCH3 is 1. The van der Waals surface area contributed by atoms with Crippen LogP contribution in [-0.2, 0) is 31.2 Å². The number of amides is 2. The molecule has 0 aliphatic heterocycles. The number of anilines is 1. The molecule has 1 aliphatic rings. The fourth-order valence-corrected chi connectivity index (χ4v) is 5.26. The van der Waals surface area contributed by atoms with Crippen LogP contribution in [0.4, 0.5) is 24.1 Å². The lowest BCUT2D eigenvalue weighted by molar-refractivity contribution is -0.142. The average Bonchev–Trinajstić information content (AvgIpc) is 2.94. The highest BCUT2D eigenvalue weighted by molar-refractivity contribution is 6.34. The maximum absolute atomic E-state index is 14.2. The van der Waals surface area contributed by atoms with E-state index in [0.717, 1.165) is 5.56 Å². The third kappa shape index (κ3) is 10.6. The lowest BCUT2D eigenvalue weighted by Crippen LogP contribution is -2.54. The highest BCUT2D eigenvalue weighted by atomic mass is 35.5. The van der Waals surface area contributed by atoms with Crippen molar-refractivity contribution in [2.24, 2.45) is 10.9 Å². The molecule has 0 saturated heterocycles. The van der Waals surface area contributed by atoms with E-state index >= 15 is 0 Å². The second-order valence-corrected chi connectivity index (χ2v) is 12.7. The summed E-state index contributed by atoms with van der Waals surface area (Å²) < 4.78 is 44.1. The summed E-state index contributed by atoms with van der Waals surface area (Å²) in [4.78, 5) is 42.1. The Hall–Kier alpha value is -3.93. The maximum Gasteiger partial charge on any atom is 0.437 e. The van der Waals surface area contributed by atoms with Crippen molar-refractivity contribution in [2.75, 3.05) is 12.4 Å². The minimum atomic E-state index is -2.81. The number of guanidine groups is 1. The molecule has 0 heterocycles. The van der Waals surface area contributed by atoms with Crippen LogP contribution in [0.15, 0.2) is 53.5 Å². The van der Waals surface area contributed by atoms with Gasteiger partial charge in [-0.1, -0.05) is 61.0 Å². The number of hydrogen-bond acceptors (Lipinski definition) is 6. The Morgan fingerprint density at radius 2 is 1.76 bits per heavy atom. The Morgan fingerprint density at radius 1 is 1.07 bits per heavy atom. The molecular weight excluding hydrogens is 610 g/mol. The van der Waals surface area contributed by atoms with Crippen molar-refractivity contribution in [2.45, 2.75) is 90.0 Å². The van der Waals surface area contributed by atoms with Gasteiger partial charge in [-0.25, -0.2) is 18.4 Å². The summed E-state index contributed by atoms with van der Waals surface area (Å²) in [7, 11) is 1.22. The lowest BCUT2D eigenvalue weighted by Gasteiger charge is -2.37. The summed E-state index contributed by atoms with van der Waals surface area (Å²) in [5.74, 6) is -4.44. The quantitative estimate of drug-likeness (QED) is 0.119. The molecule has 45 heavy (non-hydrogen) atoms. The molecule has 1 fully saturated rings. The first-order chi connectivity index (χ1) is 21.0. The molecule has 10 nitrogen and oxygen atoms in total. The van der Waals surface area contributed by atoms with Crippen molar-refractivity contribution >= 4 is 41.4 Å². The number of hydrogen-bond donors (Lipinski definition) is 3. The zero-order chi connectivity index (χ0) is 33.4. The van der Waals surface area contributed by atoms with Crippen molar-refractivity contribution in [3.63, 3.8) is 0 Å². The number of esters is 1. The predicted molar refractivity (Wildman–Crippen MR) is 167 cm³/mol. The van der Waals surface area contributed by atoms with Crippen LogP contribution in [0.1, 0.15) is 71.4 Å². The van der Waals surface area contributed by atoms with Crippen LogP contribution in [0, 0.1) is 5.92 Å². The number of nitrogens with one attached hydrogen (secondary N) is 3. The summed E-state index contributed by atoms with van der Waals surface area (Å²) in [6.45, 7) is 8.17. The number of halogens is 3. The number of alkyl halides is 2. The van der Waals surface area contributed by atoms with Crippen LogP contribution < -0.4 is 16.0 Å². The number of ether oxygens (including phenoxy) is 3. The van der Waals surface area contributed by atoms with Gasteiger partial charge in [0, 0.05) is 18.4 Å². The Labute approximate surface area is 267 Å². The zero-order valence-corrected chi connectivity index (χ0v) is 27.1. The monoisotopic (exact) mass is 650 g/mol. The molecule has 0 unspecified atom stereocenters. The van der Waals surface area contributed by atoms with Crippen molar-refractivity contribution in [1.82, 2.24) is 10.6 Å². The molecule has 246 valence electrons. The van der Waals surface area contributed by atoms with Crippen molar-refractivity contribution in [3.8, 4) is 0 Å². The molecule has 3 atom stereocenters. The van der Waals surface area contributed by atoms with E-state index in [1.807, 2.05) is 30.3 Å². The van der Waals surface area contributed by atoms with Gasteiger partial charge in [0.25, 0.3) is 5.92 Å². The minimum Gasteiger partial charge on any atom is -0.469 e. The second-order valence-electron chi connectivity index (χ2n) is 12.3. The van der Waals surface area contributed by atoms with Gasteiger partial charge < -0.3 is 24.8 Å². The fraction of sp³-hybridized carbons (Fsp3) is 0.500. The first-order valence-corrected chi connectivity index (χ1v) is 15.0. The molecule has 1 saturated carbocycles. The van der Waals surface area contributed by atoms with Gasteiger partial charge in [0.15, 0.2) is 0 Å². The first kappa shape index (κ1) is 35.5. The first-order valence-electron chi connectivity index (χ1n) is 14.6. The van der Waals surface area contributed by atoms with Gasteiger partial charge in [0.1, 0.15) is 12.2 Å². The summed E-state index contributed by atoms with van der Waals surface area (Å²) >= 11 is 6.80. The molecule has 1 aliphatic carbocycles. The lowest BCUT2D eigenvalue weighted by atomic mass is 9.83. The van der Waals surface area contributed by atoms with E-state index in [1.54, 1.807) is 45.9 Å². The topological polar surface area (TPSA) is 127 Å². The Balaban J connectivity index is 1.93. The summed E-state index contributed by atoms with van der Waals surface area (Å²) in [6.07, 6.45) is -2.09. The Morgan fingerprint density at radius 3 is 2.38 bits per heavy atom. The minimum absolute atomic E-state index is 0.0352. The molecule has 0 spiro atoms. The molecular formula is C32H41ClF2N4O6. The van der Waals surface area contributed by atoms with E-state index in [1.165, 1.54) is 14.0 Å². The normalized spacial score (nSPS) is 19.4. The second kappa shape index (κ2) is 14.9. The molecule has 0 aromatic heterocycles. The standard InChI is InChI=1S/C32H41ClF2N4O6/c1-20-17-22(15-16-32(20,34)35)36-27(38-29(42)45-30(2,3)4)39-31(5,18-25(40)43-6)23-13-10-14-24(26(23)33)37-28(41)44-19-21-11-8-7-9-12-21/h7-14,20,22H,15-19H2,1-6H3,(H,37,41)(H2,36,38,39,42)/t20-,22-,31+/m1/s1. The van der Waals surface area contributed by atoms with Crippen LogP contribution in [0.5, 0.6) is 0 Å². The van der Waals surface area contributed by atoms with Gasteiger partial charge in [0.05, 0.1) is 29.8 Å². The van der Waals surface area contributed by atoms with E-state index in [0.29, 0.717) is 5.56 Å². The highest BCUT2D eigenvalue weighted by Gasteiger charge is 2.42. The smallest absolute Gasteiger partial charge is 0.437 e. The molecule has 13 heteroatoms. The van der Waals surface area contributed by atoms with E-state index < -0.39 is 47.2 Å². The largest absolute Gasteiger partial charge is 0.469 e. The van der Waals surface area contributed by atoms with Crippen LogP contribution in [-0.4, -0.2) is 48.8 Å². The van der Waals surface area contributed by atoms with Gasteiger partial charge >= 0.3 is 18.2 Å². The van der Waals surface area contributed by atoms with E-state index in [4.69, 9.17) is 25.8 Å². The van der Waals surface area contributed by atoms with Crippen LogP contribution in [0.2, 0.25) is 5.02 Å². The average molecular weight is 651 g/mol. The number of carbonyl (C=O) groups is 3. The molecule has 2 amide bonds. The van der Waals surface area contributed by atoms with E-state index in [9.17, 15) is 23.2 Å². The van der Waals surface area contributed by atoms with Gasteiger partial charge in [-0.3, -0.25) is 10.1 Å². The van der Waals surface area contributed by atoms with E-state index in [2.05, 4.69) is 20.9 Å². The van der Waals surface area contributed by atoms with Gasteiger partial charge in [-0.15, -0.1) is 4.99 Å². The number of nitrogens with zero attached hydrogens (tertiary/aromatic N) is 1. The molecule has 0 bridgehead atoms. The van der Waals surface area contributed by atoms with Gasteiger partial charge in [0.2, 0.25) is 5.96 Å². The SMILES string of the molecule is COC(=O)C[C@](C)(N/C(=N\C(=O)OC(C)(C)C)N[C@@H]1CCC(F)(F)[C@H](C)C1)c1cccc(NC(=O)OCc2ccccc2)c1Cl. The van der Waals surface area contributed by atoms with Crippen molar-refractivity contribution in [3.05, 3.63) is 64.7 Å². The molecule has 2 aromatic rings. The fourth-order valence-electron chi connectivity index (χ4n) is 4.88. The Bertz CT molecular complexity index is 1390. The Kier molecular flexibility index (Phi) is 11.8. The van der Waals surface area contributed by atoms with Crippen LogP contribution in [0.3, 0.4) is 0 Å². The molecule has 2 aromatic carbocycles. The third-order valence-electron chi connectivity index (χ3n) is 7.29. The van der Waals surface area contributed by atoms with Gasteiger partial charge in [-0.05, 0) is 57.7 Å². The zero-order valence-electron chi connectivity index (χ0n) is 26.3. The summed E-state index contributed by atoms with van der Waals surface area (Å²) in [5.41, 5.74) is -0.901. The van der Waals surface area contributed by atoms with Crippen molar-refractivity contribution in [1.29, 1.82) is 0 Å². The van der Waals surface area contributed by atoms with Crippen molar-refractivity contribution < 1.29 is 37.4 Å². The van der Waals surface area contributed by atoms with Crippen LogP contribution >= 0.6 is 11.6 Å². The number of carbonyl (C=O) groups excluding carboxylic acids is 3. The number of aliphatic imine (C=N–C) groups is 1. The maximum atomic E-state index is 14.2. The van der Waals surface area contributed by atoms with Crippen LogP contribution in [0.25, 0.3) is 0 Å². The third-order valence-corrected chi connectivity index (χ3v) is 7.69. The molecule has 0 radical (unpaired) electrons. The van der Waals surface area contributed by atoms with E-state index in [-0.39, 0.29) is 49.0 Å². The predicted octanol–water partition coefficient (Wildman–Crippen LogP) is 7.16. The number of rotatable bonds is 8. The van der Waals surface area contributed by atoms with Gasteiger partial charge in [-0.2, -0.15) is 0 Å². The highest BCUT2D eigenvalue weighted by Crippen LogP contribution is 2.39. The molecule has 3 rings (SSSR count). The summed E-state index contributed by atoms with van der Waals surface area (Å²) in [5, 5.41) is 8.88. The summed E-state index contributed by atoms with van der Waals surface area (Å²) in [6, 6.07) is 13.5. The number of benzene rings is 2. The molecule has 3 N–H and O–H groups in total.